The number of hydrogen-bond acceptors (Lipinski definition) is 3. The van der Waals surface area contributed by atoms with E-state index in [9.17, 15) is 4.79 Å². The van der Waals surface area contributed by atoms with Gasteiger partial charge in [0.25, 0.3) is 0 Å². The number of benzene rings is 3. The Kier molecular flexibility index (Phi) is 6.28. The molecule has 0 N–H and O–H groups in total. The van der Waals surface area contributed by atoms with Gasteiger partial charge < -0.3 is 9.47 Å². The summed E-state index contributed by atoms with van der Waals surface area (Å²) in [7, 11) is 1.40. The van der Waals surface area contributed by atoms with Crippen LogP contribution in [-0.2, 0) is 9.53 Å². The first-order valence-electron chi connectivity index (χ1n) is 9.29. The molecule has 142 valence electrons. The lowest BCUT2D eigenvalue weighted by molar-refractivity contribution is -0.133. The van der Waals surface area contributed by atoms with Gasteiger partial charge in [0.1, 0.15) is 5.75 Å². The number of carbonyl (C=O) groups is 1. The molecule has 0 aliphatic rings. The average Bonchev–Trinajstić information content (AvgIpc) is 2.72. The fourth-order valence-corrected chi connectivity index (χ4v) is 2.93. The van der Waals surface area contributed by atoms with Crippen LogP contribution in [-0.4, -0.2) is 19.2 Å². The third-order valence-electron chi connectivity index (χ3n) is 4.27. The summed E-state index contributed by atoms with van der Waals surface area (Å²) < 4.78 is 10.7. The Labute approximate surface area is 166 Å². The Hall–Kier alpha value is -3.33. The van der Waals surface area contributed by atoms with Crippen molar-refractivity contribution in [1.29, 1.82) is 0 Å². The van der Waals surface area contributed by atoms with E-state index in [1.54, 1.807) is 0 Å². The predicted octanol–water partition coefficient (Wildman–Crippen LogP) is 5.85. The molecular formula is C25H24O3. The number of methoxy groups -OCH3 is 1. The number of hydrogen-bond donors (Lipinski definition) is 0. The first-order chi connectivity index (χ1) is 13.6. The molecule has 0 aliphatic carbocycles. The minimum Gasteiger partial charge on any atom is -0.491 e. The van der Waals surface area contributed by atoms with Crippen LogP contribution >= 0.6 is 0 Å². The molecule has 0 spiro atoms. The van der Waals surface area contributed by atoms with Crippen LogP contribution in [0.1, 0.15) is 25.0 Å². The lowest BCUT2D eigenvalue weighted by Gasteiger charge is -2.11. The summed E-state index contributed by atoms with van der Waals surface area (Å²) in [5, 5.41) is 0. The minimum absolute atomic E-state index is 0.151. The predicted molar refractivity (Wildman–Crippen MR) is 114 cm³/mol. The van der Waals surface area contributed by atoms with Gasteiger partial charge in [0, 0.05) is 0 Å². The van der Waals surface area contributed by atoms with E-state index in [2.05, 4.69) is 0 Å². The molecule has 0 aliphatic heterocycles. The van der Waals surface area contributed by atoms with E-state index in [4.69, 9.17) is 9.47 Å². The Bertz CT molecular complexity index is 937. The van der Waals surface area contributed by atoms with Crippen LogP contribution < -0.4 is 4.74 Å². The molecular weight excluding hydrogens is 348 g/mol. The van der Waals surface area contributed by atoms with E-state index in [0.717, 1.165) is 28.0 Å². The Morgan fingerprint density at radius 3 is 1.93 bits per heavy atom. The molecule has 3 heteroatoms. The van der Waals surface area contributed by atoms with Gasteiger partial charge in [-0.25, -0.2) is 4.79 Å². The molecule has 0 unspecified atom stereocenters. The van der Waals surface area contributed by atoms with Gasteiger partial charge in [0.15, 0.2) is 0 Å². The monoisotopic (exact) mass is 372 g/mol. The van der Waals surface area contributed by atoms with Crippen molar-refractivity contribution in [2.24, 2.45) is 0 Å². The summed E-state index contributed by atoms with van der Waals surface area (Å²) in [5.41, 5.74) is 4.46. The van der Waals surface area contributed by atoms with E-state index < -0.39 is 0 Å². The SMILES string of the molecule is COC(=O)/C(=C/c1ccccc1)c1ccc(-c2ccc(OC(C)C)cc2)cc1. The van der Waals surface area contributed by atoms with Crippen LogP contribution in [0.5, 0.6) is 5.75 Å². The van der Waals surface area contributed by atoms with Gasteiger partial charge in [-0.2, -0.15) is 0 Å². The molecule has 0 fully saturated rings. The molecule has 0 saturated carbocycles. The quantitative estimate of drug-likeness (QED) is 0.309. The summed E-state index contributed by atoms with van der Waals surface area (Å²) in [6.45, 7) is 4.02. The highest BCUT2D eigenvalue weighted by atomic mass is 16.5. The van der Waals surface area contributed by atoms with Gasteiger partial charge in [-0.05, 0) is 54.3 Å². The van der Waals surface area contributed by atoms with Gasteiger partial charge in [-0.3, -0.25) is 0 Å². The van der Waals surface area contributed by atoms with Crippen LogP contribution in [0, 0.1) is 0 Å². The molecule has 0 heterocycles. The van der Waals surface area contributed by atoms with Crippen molar-refractivity contribution in [3.63, 3.8) is 0 Å². The number of esters is 1. The zero-order valence-electron chi connectivity index (χ0n) is 16.4. The van der Waals surface area contributed by atoms with Gasteiger partial charge in [0.2, 0.25) is 0 Å². The maximum Gasteiger partial charge on any atom is 0.338 e. The smallest absolute Gasteiger partial charge is 0.338 e. The average molecular weight is 372 g/mol. The molecule has 0 amide bonds. The Morgan fingerprint density at radius 1 is 0.821 bits per heavy atom. The molecule has 0 saturated heterocycles. The molecule has 3 rings (SSSR count). The van der Waals surface area contributed by atoms with Crippen molar-refractivity contribution >= 4 is 17.6 Å². The standard InChI is InChI=1S/C25H24O3/c1-18(2)28-23-15-13-21(14-16-23)20-9-11-22(12-10-20)24(25(26)27-3)17-19-7-5-4-6-8-19/h4-18H,1-3H3/b24-17+. The van der Waals surface area contributed by atoms with E-state index in [-0.39, 0.29) is 12.1 Å². The summed E-state index contributed by atoms with van der Waals surface area (Å²) in [5.74, 6) is 0.501. The second-order valence-corrected chi connectivity index (χ2v) is 6.73. The van der Waals surface area contributed by atoms with Gasteiger partial charge in [-0.15, -0.1) is 0 Å². The zero-order valence-corrected chi connectivity index (χ0v) is 16.4. The number of rotatable bonds is 6. The lowest BCUT2D eigenvalue weighted by atomic mass is 9.99. The van der Waals surface area contributed by atoms with Crippen molar-refractivity contribution in [2.45, 2.75) is 20.0 Å². The maximum atomic E-state index is 12.3. The Balaban J connectivity index is 1.87. The molecule has 28 heavy (non-hydrogen) atoms. The third kappa shape index (κ3) is 4.89. The van der Waals surface area contributed by atoms with Crippen molar-refractivity contribution in [1.82, 2.24) is 0 Å². The molecule has 0 radical (unpaired) electrons. The van der Waals surface area contributed by atoms with Gasteiger partial charge in [0.05, 0.1) is 18.8 Å². The largest absolute Gasteiger partial charge is 0.491 e. The maximum absolute atomic E-state index is 12.3. The summed E-state index contributed by atoms with van der Waals surface area (Å²) in [6, 6.07) is 25.7. The topological polar surface area (TPSA) is 35.5 Å². The molecule has 3 aromatic rings. The van der Waals surface area contributed by atoms with E-state index >= 15 is 0 Å². The molecule has 0 aromatic heterocycles. The van der Waals surface area contributed by atoms with Crippen molar-refractivity contribution in [3.8, 4) is 16.9 Å². The first-order valence-corrected chi connectivity index (χ1v) is 9.29. The fraction of sp³-hybridized carbons (Fsp3) is 0.160. The molecule has 0 bridgehead atoms. The Morgan fingerprint density at radius 2 is 1.39 bits per heavy atom. The highest BCUT2D eigenvalue weighted by Crippen LogP contribution is 2.26. The first kappa shape index (κ1) is 19.4. The van der Waals surface area contributed by atoms with Crippen molar-refractivity contribution in [2.75, 3.05) is 7.11 Å². The minimum atomic E-state index is -0.355. The van der Waals surface area contributed by atoms with Crippen LogP contribution in [0.2, 0.25) is 0 Å². The third-order valence-corrected chi connectivity index (χ3v) is 4.27. The van der Waals surface area contributed by atoms with Crippen molar-refractivity contribution in [3.05, 3.63) is 90.0 Å². The summed E-state index contributed by atoms with van der Waals surface area (Å²) in [4.78, 5) is 12.3. The fourth-order valence-electron chi connectivity index (χ4n) is 2.93. The normalized spacial score (nSPS) is 11.4. The van der Waals surface area contributed by atoms with Gasteiger partial charge in [-0.1, -0.05) is 66.7 Å². The summed E-state index contributed by atoms with van der Waals surface area (Å²) >= 11 is 0. The summed E-state index contributed by atoms with van der Waals surface area (Å²) in [6.07, 6.45) is 2.00. The van der Waals surface area contributed by atoms with E-state index in [1.165, 1.54) is 7.11 Å². The van der Waals surface area contributed by atoms with Crippen molar-refractivity contribution < 1.29 is 14.3 Å². The van der Waals surface area contributed by atoms with Crippen LogP contribution in [0.3, 0.4) is 0 Å². The highest BCUT2D eigenvalue weighted by molar-refractivity contribution is 6.21. The van der Waals surface area contributed by atoms with Gasteiger partial charge >= 0.3 is 5.97 Å². The van der Waals surface area contributed by atoms with E-state index in [1.807, 2.05) is 98.8 Å². The number of carbonyl (C=O) groups excluding carboxylic acids is 1. The zero-order chi connectivity index (χ0) is 19.9. The second-order valence-electron chi connectivity index (χ2n) is 6.73. The molecule has 3 nitrogen and oxygen atoms in total. The number of ether oxygens (including phenoxy) is 2. The second kappa shape index (κ2) is 9.05. The van der Waals surface area contributed by atoms with Crippen LogP contribution in [0.25, 0.3) is 22.8 Å². The lowest BCUT2D eigenvalue weighted by Crippen LogP contribution is -2.05. The molecule has 3 aromatic carbocycles. The van der Waals surface area contributed by atoms with Crippen LogP contribution in [0.4, 0.5) is 0 Å². The van der Waals surface area contributed by atoms with E-state index in [0.29, 0.717) is 5.57 Å². The molecule has 0 atom stereocenters. The highest BCUT2D eigenvalue weighted by Gasteiger charge is 2.13. The van der Waals surface area contributed by atoms with Crippen LogP contribution in [0.15, 0.2) is 78.9 Å².